The van der Waals surface area contributed by atoms with Gasteiger partial charge in [-0.2, -0.15) is 0 Å². The molecule has 0 aliphatic carbocycles. The molecule has 7 heteroatoms. The number of H-pyrrole nitrogens is 1. The van der Waals surface area contributed by atoms with Crippen LogP contribution >= 0.6 is 12.4 Å². The summed E-state index contributed by atoms with van der Waals surface area (Å²) in [5.74, 6) is 0.203. The van der Waals surface area contributed by atoms with Crippen molar-refractivity contribution in [3.63, 3.8) is 0 Å². The Kier molecular flexibility index (Phi) is 7.61. The molecule has 6 nitrogen and oxygen atoms in total. The van der Waals surface area contributed by atoms with Crippen molar-refractivity contribution in [3.05, 3.63) is 75.6 Å². The Balaban J connectivity index is 0.00000280. The van der Waals surface area contributed by atoms with Crippen LogP contribution in [0, 0.1) is 0 Å². The highest BCUT2D eigenvalue weighted by molar-refractivity contribution is 5.97. The predicted octanol–water partition coefficient (Wildman–Crippen LogP) is 3.00. The van der Waals surface area contributed by atoms with Crippen molar-refractivity contribution in [2.75, 3.05) is 13.7 Å². The first kappa shape index (κ1) is 21.5. The number of carbonyl (C=O) groups excluding carboxylic acids is 1. The molecule has 0 saturated heterocycles. The number of pyridine rings is 1. The lowest BCUT2D eigenvalue weighted by Gasteiger charge is -2.08. The van der Waals surface area contributed by atoms with E-state index in [2.05, 4.69) is 15.6 Å². The maximum Gasteiger partial charge on any atom is 0.257 e. The number of ether oxygens (including phenoxy) is 1. The van der Waals surface area contributed by atoms with Crippen LogP contribution in [-0.2, 0) is 13.1 Å². The van der Waals surface area contributed by atoms with E-state index in [1.165, 1.54) is 11.8 Å². The van der Waals surface area contributed by atoms with Gasteiger partial charge in [-0.15, -0.1) is 12.4 Å². The lowest BCUT2D eigenvalue weighted by atomic mass is 10.1. The Bertz CT molecular complexity index is 1000. The van der Waals surface area contributed by atoms with Gasteiger partial charge in [0.2, 0.25) is 5.43 Å². The van der Waals surface area contributed by atoms with E-state index in [9.17, 15) is 9.59 Å². The van der Waals surface area contributed by atoms with Gasteiger partial charge in [-0.05, 0) is 43.3 Å². The Labute approximate surface area is 169 Å². The SMILES string of the molecule is CCOc1ccc2[nH]cc(C(=O)NCc3ccc(CNC)cc3)c(=O)c2c1.Cl. The fraction of sp³-hybridized carbons (Fsp3) is 0.238. The number of rotatable bonds is 7. The number of hydrogen-bond donors (Lipinski definition) is 3. The molecule has 0 saturated carbocycles. The second-order valence-corrected chi connectivity index (χ2v) is 6.20. The van der Waals surface area contributed by atoms with E-state index in [1.807, 2.05) is 38.2 Å². The van der Waals surface area contributed by atoms with Crippen LogP contribution in [0.1, 0.15) is 28.4 Å². The summed E-state index contributed by atoms with van der Waals surface area (Å²) in [7, 11) is 1.90. The molecule has 3 rings (SSSR count). The lowest BCUT2D eigenvalue weighted by Crippen LogP contribution is -2.28. The van der Waals surface area contributed by atoms with Crippen molar-refractivity contribution >= 4 is 29.2 Å². The van der Waals surface area contributed by atoms with Gasteiger partial charge in [0.05, 0.1) is 6.61 Å². The summed E-state index contributed by atoms with van der Waals surface area (Å²) in [6.45, 7) is 3.54. The van der Waals surface area contributed by atoms with E-state index in [0.717, 1.165) is 12.1 Å². The molecule has 1 heterocycles. The van der Waals surface area contributed by atoms with Gasteiger partial charge in [0.1, 0.15) is 11.3 Å². The summed E-state index contributed by atoms with van der Waals surface area (Å²) in [6.07, 6.45) is 1.45. The van der Waals surface area contributed by atoms with E-state index < -0.39 is 5.91 Å². The first-order valence-corrected chi connectivity index (χ1v) is 8.91. The molecule has 1 amide bonds. The molecule has 0 aliphatic heterocycles. The molecule has 3 N–H and O–H groups in total. The standard InChI is InChI=1S/C21H23N3O3.ClH/c1-3-27-16-8-9-19-17(10-16)20(25)18(13-23-19)21(26)24-12-15-6-4-14(5-7-15)11-22-2;/h4-10,13,22H,3,11-12H2,1-2H3,(H,23,25)(H,24,26);1H. The number of halogens is 1. The Morgan fingerprint density at radius 1 is 1.07 bits per heavy atom. The van der Waals surface area contributed by atoms with Crippen LogP contribution in [0.25, 0.3) is 10.9 Å². The molecular weight excluding hydrogens is 378 g/mol. The van der Waals surface area contributed by atoms with Crippen molar-refractivity contribution in [2.45, 2.75) is 20.0 Å². The zero-order valence-corrected chi connectivity index (χ0v) is 16.7. The van der Waals surface area contributed by atoms with E-state index in [1.54, 1.807) is 18.2 Å². The number of nitrogens with one attached hydrogen (secondary N) is 3. The third-order valence-electron chi connectivity index (χ3n) is 4.26. The summed E-state index contributed by atoms with van der Waals surface area (Å²) in [6, 6.07) is 13.2. The fourth-order valence-electron chi connectivity index (χ4n) is 2.88. The number of aromatic amines is 1. The van der Waals surface area contributed by atoms with Crippen LogP contribution in [0.2, 0.25) is 0 Å². The van der Waals surface area contributed by atoms with Crippen LogP contribution in [0.4, 0.5) is 0 Å². The molecule has 0 bridgehead atoms. The quantitative estimate of drug-likeness (QED) is 0.568. The monoisotopic (exact) mass is 401 g/mol. The number of carbonyl (C=O) groups is 1. The van der Waals surface area contributed by atoms with Crippen molar-refractivity contribution in [1.29, 1.82) is 0 Å². The van der Waals surface area contributed by atoms with Crippen molar-refractivity contribution in [1.82, 2.24) is 15.6 Å². The molecule has 148 valence electrons. The maximum absolute atomic E-state index is 12.7. The van der Waals surface area contributed by atoms with Crippen molar-refractivity contribution in [2.24, 2.45) is 0 Å². The highest BCUT2D eigenvalue weighted by Crippen LogP contribution is 2.17. The summed E-state index contributed by atoms with van der Waals surface area (Å²) < 4.78 is 5.44. The van der Waals surface area contributed by atoms with Crippen molar-refractivity contribution in [3.8, 4) is 5.75 Å². The Hall–Kier alpha value is -2.83. The average Bonchev–Trinajstić information content (AvgIpc) is 2.68. The number of fused-ring (bicyclic) bond motifs is 1. The summed E-state index contributed by atoms with van der Waals surface area (Å²) in [5.41, 5.74) is 2.58. The Morgan fingerprint density at radius 3 is 2.39 bits per heavy atom. The molecule has 0 spiro atoms. The molecule has 1 aromatic heterocycles. The molecule has 0 aliphatic rings. The van der Waals surface area contributed by atoms with Gasteiger partial charge in [-0.25, -0.2) is 0 Å². The highest BCUT2D eigenvalue weighted by atomic mass is 35.5. The van der Waals surface area contributed by atoms with Gasteiger partial charge in [0.25, 0.3) is 5.91 Å². The number of hydrogen-bond acceptors (Lipinski definition) is 4. The minimum Gasteiger partial charge on any atom is -0.494 e. The molecule has 0 radical (unpaired) electrons. The zero-order chi connectivity index (χ0) is 19.2. The van der Waals surface area contributed by atoms with Gasteiger partial charge in [0.15, 0.2) is 0 Å². The molecule has 0 fully saturated rings. The Morgan fingerprint density at radius 2 is 1.75 bits per heavy atom. The van der Waals surface area contributed by atoms with Crippen molar-refractivity contribution < 1.29 is 9.53 Å². The second-order valence-electron chi connectivity index (χ2n) is 6.20. The molecule has 3 aromatic rings. The van der Waals surface area contributed by atoms with Crippen LogP contribution in [-0.4, -0.2) is 24.5 Å². The smallest absolute Gasteiger partial charge is 0.257 e. The van der Waals surface area contributed by atoms with Crippen LogP contribution in [0.15, 0.2) is 53.5 Å². The van der Waals surface area contributed by atoms with Gasteiger partial charge in [0, 0.05) is 30.2 Å². The number of aromatic nitrogens is 1. The van der Waals surface area contributed by atoms with Gasteiger partial charge in [-0.3, -0.25) is 9.59 Å². The third kappa shape index (κ3) is 4.91. The topological polar surface area (TPSA) is 83.2 Å². The second kappa shape index (κ2) is 9.92. The van der Waals surface area contributed by atoms with E-state index in [4.69, 9.17) is 4.74 Å². The molecule has 0 unspecified atom stereocenters. The summed E-state index contributed by atoms with van der Waals surface area (Å²) in [4.78, 5) is 28.2. The van der Waals surface area contributed by atoms with Crippen LogP contribution in [0.3, 0.4) is 0 Å². The van der Waals surface area contributed by atoms with E-state index in [-0.39, 0.29) is 23.4 Å². The first-order chi connectivity index (χ1) is 13.1. The molecule has 2 aromatic carbocycles. The minimum absolute atomic E-state index is 0. The normalized spacial score (nSPS) is 10.4. The first-order valence-electron chi connectivity index (χ1n) is 8.91. The van der Waals surface area contributed by atoms with E-state index in [0.29, 0.717) is 29.8 Å². The minimum atomic E-state index is -0.403. The maximum atomic E-state index is 12.7. The molecule has 28 heavy (non-hydrogen) atoms. The average molecular weight is 402 g/mol. The third-order valence-corrected chi connectivity index (χ3v) is 4.26. The van der Waals surface area contributed by atoms with Crippen LogP contribution in [0.5, 0.6) is 5.75 Å². The summed E-state index contributed by atoms with van der Waals surface area (Å²) in [5, 5.41) is 6.33. The molecular formula is C21H24ClN3O3. The van der Waals surface area contributed by atoms with Gasteiger partial charge in [-0.1, -0.05) is 24.3 Å². The largest absolute Gasteiger partial charge is 0.494 e. The highest BCUT2D eigenvalue weighted by Gasteiger charge is 2.13. The fourth-order valence-corrected chi connectivity index (χ4v) is 2.88. The summed E-state index contributed by atoms with van der Waals surface area (Å²) >= 11 is 0. The van der Waals surface area contributed by atoms with Crippen LogP contribution < -0.4 is 20.8 Å². The predicted molar refractivity (Wildman–Crippen MR) is 113 cm³/mol. The van der Waals surface area contributed by atoms with Gasteiger partial charge >= 0.3 is 0 Å². The molecule has 0 atom stereocenters. The number of amides is 1. The zero-order valence-electron chi connectivity index (χ0n) is 15.9. The van der Waals surface area contributed by atoms with E-state index >= 15 is 0 Å². The van der Waals surface area contributed by atoms with Gasteiger partial charge < -0.3 is 20.4 Å². The lowest BCUT2D eigenvalue weighted by molar-refractivity contribution is 0.0949. The number of benzene rings is 2.